The van der Waals surface area contributed by atoms with Crippen LogP contribution in [0.4, 0.5) is 4.39 Å². The average Bonchev–Trinajstić information content (AvgIpc) is 2.52. The topological polar surface area (TPSA) is 113 Å². The predicted molar refractivity (Wildman–Crippen MR) is 77.2 cm³/mol. The molecule has 1 aromatic carbocycles. The number of halogens is 1. The minimum atomic E-state index is -3.99. The number of methoxy groups -OCH3 is 1. The maximum absolute atomic E-state index is 12.8. The van der Waals surface area contributed by atoms with E-state index in [1.54, 1.807) is 0 Å². The Balaban J connectivity index is 2.77. The van der Waals surface area contributed by atoms with Crippen LogP contribution in [0.2, 0.25) is 0 Å². The van der Waals surface area contributed by atoms with Gasteiger partial charge in [-0.15, -0.1) is 0 Å². The molecule has 1 aromatic rings. The second-order valence-electron chi connectivity index (χ2n) is 4.54. The number of hydrogen-bond acceptors (Lipinski definition) is 6. The molecule has 0 bridgehead atoms. The van der Waals surface area contributed by atoms with Crippen molar-refractivity contribution in [1.82, 2.24) is 9.62 Å². The van der Waals surface area contributed by atoms with Crippen molar-refractivity contribution in [2.75, 3.05) is 27.3 Å². The van der Waals surface area contributed by atoms with E-state index < -0.39 is 46.9 Å². The third-order valence-corrected chi connectivity index (χ3v) is 4.71. The second kappa shape index (κ2) is 7.99. The average molecular weight is 348 g/mol. The quantitative estimate of drug-likeness (QED) is 0.617. The SMILES string of the molecule is COC(=O)[C@H](CO)NC(=O)CN(C)S(=O)(=O)c1ccc(F)cc1. The Kier molecular flexibility index (Phi) is 6.61. The zero-order chi connectivity index (χ0) is 17.6. The molecule has 0 aliphatic rings. The van der Waals surface area contributed by atoms with E-state index in [1.165, 1.54) is 0 Å². The van der Waals surface area contributed by atoms with E-state index in [0.717, 1.165) is 42.7 Å². The number of ether oxygens (including phenoxy) is 1. The number of carbonyl (C=O) groups is 2. The lowest BCUT2D eigenvalue weighted by Crippen LogP contribution is -2.48. The van der Waals surface area contributed by atoms with Gasteiger partial charge in [-0.1, -0.05) is 0 Å². The van der Waals surface area contributed by atoms with Gasteiger partial charge >= 0.3 is 5.97 Å². The highest BCUT2D eigenvalue weighted by atomic mass is 32.2. The maximum Gasteiger partial charge on any atom is 0.330 e. The molecular weight excluding hydrogens is 331 g/mol. The molecule has 0 aromatic heterocycles. The summed E-state index contributed by atoms with van der Waals surface area (Å²) in [5.74, 6) is -2.25. The molecule has 1 amide bonds. The van der Waals surface area contributed by atoms with E-state index in [9.17, 15) is 22.4 Å². The maximum atomic E-state index is 12.8. The highest BCUT2D eigenvalue weighted by molar-refractivity contribution is 7.89. The van der Waals surface area contributed by atoms with Crippen LogP contribution in [0.3, 0.4) is 0 Å². The van der Waals surface area contributed by atoms with Crippen molar-refractivity contribution in [1.29, 1.82) is 0 Å². The Morgan fingerprint density at radius 1 is 1.35 bits per heavy atom. The van der Waals surface area contributed by atoms with Crippen LogP contribution < -0.4 is 5.32 Å². The highest BCUT2D eigenvalue weighted by Gasteiger charge is 2.26. The lowest BCUT2D eigenvalue weighted by atomic mass is 10.3. The summed E-state index contributed by atoms with van der Waals surface area (Å²) in [6.45, 7) is -1.28. The van der Waals surface area contributed by atoms with Gasteiger partial charge in [0.2, 0.25) is 15.9 Å². The third-order valence-electron chi connectivity index (χ3n) is 2.89. The smallest absolute Gasteiger partial charge is 0.330 e. The van der Waals surface area contributed by atoms with Gasteiger partial charge in [0.25, 0.3) is 0 Å². The van der Waals surface area contributed by atoms with Crippen molar-refractivity contribution >= 4 is 21.9 Å². The summed E-state index contributed by atoms with van der Waals surface area (Å²) in [6, 6.07) is 2.84. The largest absolute Gasteiger partial charge is 0.467 e. The molecule has 0 radical (unpaired) electrons. The van der Waals surface area contributed by atoms with Gasteiger partial charge < -0.3 is 15.2 Å². The van der Waals surface area contributed by atoms with Crippen molar-refractivity contribution < 1.29 is 32.2 Å². The van der Waals surface area contributed by atoms with Crippen LogP contribution in [0, 0.1) is 5.82 Å². The van der Waals surface area contributed by atoms with Gasteiger partial charge in [0.1, 0.15) is 5.82 Å². The Morgan fingerprint density at radius 3 is 2.39 bits per heavy atom. The summed E-state index contributed by atoms with van der Waals surface area (Å²) in [6.07, 6.45) is 0. The Labute approximate surface area is 132 Å². The number of carbonyl (C=O) groups excluding carboxylic acids is 2. The van der Waals surface area contributed by atoms with E-state index in [-0.39, 0.29) is 4.90 Å². The van der Waals surface area contributed by atoms with E-state index in [0.29, 0.717) is 0 Å². The molecule has 23 heavy (non-hydrogen) atoms. The van der Waals surface area contributed by atoms with Crippen LogP contribution in [0.15, 0.2) is 29.2 Å². The van der Waals surface area contributed by atoms with Gasteiger partial charge in [0, 0.05) is 7.05 Å². The van der Waals surface area contributed by atoms with Crippen molar-refractivity contribution in [3.63, 3.8) is 0 Å². The first-order valence-electron chi connectivity index (χ1n) is 6.42. The zero-order valence-electron chi connectivity index (χ0n) is 12.5. The number of nitrogens with one attached hydrogen (secondary N) is 1. The predicted octanol–water partition coefficient (Wildman–Crippen LogP) is -0.904. The Hall–Kier alpha value is -2.04. The number of esters is 1. The summed E-state index contributed by atoms with van der Waals surface area (Å²) >= 11 is 0. The van der Waals surface area contributed by atoms with E-state index >= 15 is 0 Å². The highest BCUT2D eigenvalue weighted by Crippen LogP contribution is 2.14. The standard InChI is InChI=1S/C13H17FN2O6S/c1-16(7-12(18)15-11(8-17)13(19)22-2)23(20,21)10-5-3-9(14)4-6-10/h3-6,11,17H,7-8H2,1-2H3,(H,15,18)/t11-/m0/s1. The first-order chi connectivity index (χ1) is 10.7. The lowest BCUT2D eigenvalue weighted by Gasteiger charge is -2.19. The minimum Gasteiger partial charge on any atom is -0.467 e. The van der Waals surface area contributed by atoms with Gasteiger partial charge in [-0.2, -0.15) is 4.31 Å². The minimum absolute atomic E-state index is 0.180. The summed E-state index contributed by atoms with van der Waals surface area (Å²) in [5, 5.41) is 11.1. The molecule has 0 saturated carbocycles. The molecule has 0 saturated heterocycles. The fourth-order valence-electron chi connectivity index (χ4n) is 1.64. The van der Waals surface area contributed by atoms with Crippen molar-refractivity contribution in [3.8, 4) is 0 Å². The first kappa shape index (κ1) is 19.0. The van der Waals surface area contributed by atoms with Crippen LogP contribution >= 0.6 is 0 Å². The van der Waals surface area contributed by atoms with Crippen LogP contribution in [0.1, 0.15) is 0 Å². The van der Waals surface area contributed by atoms with Gasteiger partial charge in [-0.3, -0.25) is 4.79 Å². The van der Waals surface area contributed by atoms with Crippen LogP contribution in [-0.4, -0.2) is 63.1 Å². The third kappa shape index (κ3) is 4.98. The van der Waals surface area contributed by atoms with E-state index in [1.807, 2.05) is 0 Å². The number of amides is 1. The molecule has 128 valence electrons. The molecule has 0 unspecified atom stereocenters. The Morgan fingerprint density at radius 2 is 1.91 bits per heavy atom. The lowest BCUT2D eigenvalue weighted by molar-refractivity contribution is -0.146. The first-order valence-corrected chi connectivity index (χ1v) is 7.86. The molecule has 1 rings (SSSR count). The van der Waals surface area contributed by atoms with Crippen molar-refractivity contribution in [2.24, 2.45) is 0 Å². The molecule has 0 heterocycles. The number of nitrogens with zero attached hydrogens (tertiary/aromatic N) is 1. The molecule has 0 aliphatic heterocycles. The van der Waals surface area contributed by atoms with Crippen LogP contribution in [0.25, 0.3) is 0 Å². The summed E-state index contributed by atoms with van der Waals surface area (Å²) in [5.41, 5.74) is 0. The fraction of sp³-hybridized carbons (Fsp3) is 0.385. The molecule has 2 N–H and O–H groups in total. The number of benzene rings is 1. The molecule has 0 aliphatic carbocycles. The zero-order valence-corrected chi connectivity index (χ0v) is 13.3. The number of likely N-dealkylation sites (N-methyl/N-ethyl adjacent to an activating group) is 1. The summed E-state index contributed by atoms with van der Waals surface area (Å²) < 4.78 is 42.4. The number of hydrogen-bond donors (Lipinski definition) is 2. The number of rotatable bonds is 7. The van der Waals surface area contributed by atoms with Crippen molar-refractivity contribution in [2.45, 2.75) is 10.9 Å². The van der Waals surface area contributed by atoms with Crippen LogP contribution in [0.5, 0.6) is 0 Å². The molecule has 0 fully saturated rings. The van der Waals surface area contributed by atoms with Crippen LogP contribution in [-0.2, 0) is 24.3 Å². The van der Waals surface area contributed by atoms with Gasteiger partial charge in [0.15, 0.2) is 6.04 Å². The van der Waals surface area contributed by atoms with E-state index in [2.05, 4.69) is 10.1 Å². The fourth-order valence-corrected chi connectivity index (χ4v) is 2.76. The normalized spacial score (nSPS) is 12.7. The van der Waals surface area contributed by atoms with E-state index in [4.69, 9.17) is 5.11 Å². The molecular formula is C13H17FN2O6S. The summed E-state index contributed by atoms with van der Waals surface area (Å²) in [7, 11) is -1.75. The Bertz CT molecular complexity index is 662. The number of sulfonamides is 1. The molecule has 10 heteroatoms. The molecule has 8 nitrogen and oxygen atoms in total. The van der Waals surface area contributed by atoms with Gasteiger partial charge in [-0.25, -0.2) is 17.6 Å². The monoisotopic (exact) mass is 348 g/mol. The molecule has 1 atom stereocenters. The van der Waals surface area contributed by atoms with Gasteiger partial charge in [-0.05, 0) is 24.3 Å². The number of aliphatic hydroxyl groups excluding tert-OH is 1. The van der Waals surface area contributed by atoms with Crippen molar-refractivity contribution in [3.05, 3.63) is 30.1 Å². The molecule has 0 spiro atoms. The van der Waals surface area contributed by atoms with Gasteiger partial charge in [0.05, 0.1) is 25.2 Å². The second-order valence-corrected chi connectivity index (χ2v) is 6.59. The number of aliphatic hydroxyl groups is 1. The summed E-state index contributed by atoms with van der Waals surface area (Å²) in [4.78, 5) is 22.8.